The van der Waals surface area contributed by atoms with Gasteiger partial charge in [0.25, 0.3) is 0 Å². The number of carbonyl (C=O) groups excluding carboxylic acids is 1. The number of nitrogens with one attached hydrogen (secondary N) is 1. The Morgan fingerprint density at radius 1 is 1.11 bits per heavy atom. The van der Waals surface area contributed by atoms with Crippen molar-refractivity contribution >= 4 is 33.2 Å². The van der Waals surface area contributed by atoms with Crippen molar-refractivity contribution < 1.29 is 13.2 Å². The maximum absolute atomic E-state index is 13.0. The Kier molecular flexibility index (Phi) is 5.89. The molecule has 1 heterocycles. The molecule has 2 aromatic rings. The first kappa shape index (κ1) is 19.9. The molecule has 144 valence electrons. The first-order valence-corrected chi connectivity index (χ1v) is 10.7. The lowest BCUT2D eigenvalue weighted by Gasteiger charge is -2.31. The summed E-state index contributed by atoms with van der Waals surface area (Å²) in [7, 11) is -3.55. The highest BCUT2D eigenvalue weighted by Crippen LogP contribution is 2.28. The minimum Gasteiger partial charge on any atom is -0.325 e. The quantitative estimate of drug-likeness (QED) is 0.834. The highest BCUT2D eigenvalue weighted by Gasteiger charge is 2.33. The number of para-hydroxylation sites is 1. The van der Waals surface area contributed by atoms with Gasteiger partial charge in [-0.15, -0.1) is 0 Å². The van der Waals surface area contributed by atoms with Crippen molar-refractivity contribution in [1.29, 1.82) is 0 Å². The Hall–Kier alpha value is -1.89. The Balaban J connectivity index is 1.67. The van der Waals surface area contributed by atoms with Gasteiger partial charge in [0.15, 0.2) is 0 Å². The Morgan fingerprint density at radius 3 is 2.44 bits per heavy atom. The van der Waals surface area contributed by atoms with Crippen molar-refractivity contribution in [3.8, 4) is 0 Å². The van der Waals surface area contributed by atoms with Crippen LogP contribution < -0.4 is 5.32 Å². The van der Waals surface area contributed by atoms with Gasteiger partial charge in [0.1, 0.15) is 0 Å². The van der Waals surface area contributed by atoms with E-state index < -0.39 is 10.0 Å². The average Bonchev–Trinajstić information content (AvgIpc) is 2.65. The summed E-state index contributed by atoms with van der Waals surface area (Å²) in [4.78, 5) is 12.9. The molecule has 1 N–H and O–H groups in total. The van der Waals surface area contributed by atoms with Gasteiger partial charge in [-0.1, -0.05) is 35.9 Å². The lowest BCUT2D eigenvalue weighted by molar-refractivity contribution is -0.120. The Bertz CT molecular complexity index is 951. The van der Waals surface area contributed by atoms with Crippen LogP contribution in [0, 0.1) is 19.8 Å². The van der Waals surface area contributed by atoms with Crippen LogP contribution in [0.5, 0.6) is 0 Å². The first-order chi connectivity index (χ1) is 12.8. The summed E-state index contributed by atoms with van der Waals surface area (Å²) < 4.78 is 27.4. The summed E-state index contributed by atoms with van der Waals surface area (Å²) in [5, 5.41) is 3.33. The van der Waals surface area contributed by atoms with E-state index in [-0.39, 0.29) is 11.8 Å². The molecule has 27 heavy (non-hydrogen) atoms. The van der Waals surface area contributed by atoms with E-state index in [9.17, 15) is 13.2 Å². The standard InChI is InChI=1S/C20H23ClN2O3S/c1-14-7-8-15(2)19(13-14)27(25,26)23-11-9-16(10-12-23)20(24)22-18-6-4-3-5-17(18)21/h3-8,13,16H,9-12H2,1-2H3,(H,22,24). The van der Waals surface area contributed by atoms with Crippen molar-refractivity contribution in [1.82, 2.24) is 4.31 Å². The fraction of sp³-hybridized carbons (Fsp3) is 0.350. The lowest BCUT2D eigenvalue weighted by atomic mass is 9.97. The van der Waals surface area contributed by atoms with E-state index in [0.29, 0.717) is 41.5 Å². The number of benzene rings is 2. The molecule has 1 aliphatic rings. The van der Waals surface area contributed by atoms with Gasteiger partial charge < -0.3 is 5.32 Å². The number of hydrogen-bond acceptors (Lipinski definition) is 3. The van der Waals surface area contributed by atoms with Gasteiger partial charge in [0.05, 0.1) is 15.6 Å². The third kappa shape index (κ3) is 4.34. The molecule has 0 saturated carbocycles. The summed E-state index contributed by atoms with van der Waals surface area (Å²) in [5.74, 6) is -0.349. The molecule has 7 heteroatoms. The second kappa shape index (κ2) is 8.00. The molecule has 1 saturated heterocycles. The van der Waals surface area contributed by atoms with Gasteiger partial charge in [-0.2, -0.15) is 4.31 Å². The van der Waals surface area contributed by atoms with Crippen molar-refractivity contribution in [2.75, 3.05) is 18.4 Å². The summed E-state index contributed by atoms with van der Waals surface area (Å²) in [5.41, 5.74) is 2.22. The number of rotatable bonds is 4. The van der Waals surface area contributed by atoms with Crippen molar-refractivity contribution in [3.63, 3.8) is 0 Å². The predicted octanol–water partition coefficient (Wildman–Crippen LogP) is 4.00. The van der Waals surface area contributed by atoms with Gasteiger partial charge in [0, 0.05) is 19.0 Å². The molecule has 5 nitrogen and oxygen atoms in total. The second-order valence-corrected chi connectivity index (χ2v) is 9.23. The van der Waals surface area contributed by atoms with E-state index in [0.717, 1.165) is 11.1 Å². The van der Waals surface area contributed by atoms with E-state index in [4.69, 9.17) is 11.6 Å². The third-order valence-corrected chi connectivity index (χ3v) is 7.29. The van der Waals surface area contributed by atoms with E-state index in [2.05, 4.69) is 5.32 Å². The van der Waals surface area contributed by atoms with Crippen LogP contribution in [-0.4, -0.2) is 31.7 Å². The SMILES string of the molecule is Cc1ccc(C)c(S(=O)(=O)N2CCC(C(=O)Nc3ccccc3Cl)CC2)c1. The molecule has 0 aliphatic carbocycles. The molecular formula is C20H23ClN2O3S. The molecule has 2 aromatic carbocycles. The number of sulfonamides is 1. The fourth-order valence-corrected chi connectivity index (χ4v) is 5.24. The van der Waals surface area contributed by atoms with E-state index in [1.54, 1.807) is 37.3 Å². The minimum atomic E-state index is -3.55. The third-order valence-electron chi connectivity index (χ3n) is 4.92. The van der Waals surface area contributed by atoms with Crippen LogP contribution in [0.3, 0.4) is 0 Å². The number of hydrogen-bond donors (Lipinski definition) is 1. The van der Waals surface area contributed by atoms with Gasteiger partial charge in [-0.05, 0) is 56.0 Å². The van der Waals surface area contributed by atoms with Crippen LogP contribution in [0.1, 0.15) is 24.0 Å². The first-order valence-electron chi connectivity index (χ1n) is 8.92. The van der Waals surface area contributed by atoms with E-state index >= 15 is 0 Å². The number of amides is 1. The van der Waals surface area contributed by atoms with Crippen LogP contribution in [0.25, 0.3) is 0 Å². The lowest BCUT2D eigenvalue weighted by Crippen LogP contribution is -2.41. The zero-order chi connectivity index (χ0) is 19.6. The summed E-state index contributed by atoms with van der Waals surface area (Å²) in [6.07, 6.45) is 0.973. The maximum atomic E-state index is 13.0. The van der Waals surface area contributed by atoms with Gasteiger partial charge in [-0.3, -0.25) is 4.79 Å². The van der Waals surface area contributed by atoms with Crippen molar-refractivity contribution in [2.45, 2.75) is 31.6 Å². The largest absolute Gasteiger partial charge is 0.325 e. The number of carbonyl (C=O) groups is 1. The number of aryl methyl sites for hydroxylation is 2. The molecule has 0 atom stereocenters. The van der Waals surface area contributed by atoms with Crippen LogP contribution in [0.2, 0.25) is 5.02 Å². The molecule has 0 bridgehead atoms. The van der Waals surface area contributed by atoms with Gasteiger partial charge in [-0.25, -0.2) is 8.42 Å². The van der Waals surface area contributed by atoms with Gasteiger partial charge >= 0.3 is 0 Å². The van der Waals surface area contributed by atoms with Crippen LogP contribution in [-0.2, 0) is 14.8 Å². The van der Waals surface area contributed by atoms with Gasteiger partial charge in [0.2, 0.25) is 15.9 Å². The highest BCUT2D eigenvalue weighted by molar-refractivity contribution is 7.89. The normalized spacial score (nSPS) is 16.3. The number of anilines is 1. The molecule has 1 aliphatic heterocycles. The fourth-order valence-electron chi connectivity index (χ4n) is 3.28. The second-order valence-electron chi connectivity index (χ2n) is 6.92. The van der Waals surface area contributed by atoms with E-state index in [1.165, 1.54) is 4.31 Å². The summed E-state index contributed by atoms with van der Waals surface area (Å²) in [6, 6.07) is 12.5. The molecular weight excluding hydrogens is 384 g/mol. The Labute approximate surface area is 165 Å². The number of halogens is 1. The molecule has 0 spiro atoms. The Morgan fingerprint density at radius 2 is 1.78 bits per heavy atom. The zero-order valence-corrected chi connectivity index (χ0v) is 17.0. The molecule has 1 amide bonds. The van der Waals surface area contributed by atoms with Crippen LogP contribution >= 0.6 is 11.6 Å². The van der Waals surface area contributed by atoms with Crippen LogP contribution in [0.4, 0.5) is 5.69 Å². The molecule has 0 aromatic heterocycles. The molecule has 0 unspecified atom stereocenters. The average molecular weight is 407 g/mol. The predicted molar refractivity (Wildman–Crippen MR) is 107 cm³/mol. The maximum Gasteiger partial charge on any atom is 0.243 e. The highest BCUT2D eigenvalue weighted by atomic mass is 35.5. The van der Waals surface area contributed by atoms with Crippen molar-refractivity contribution in [3.05, 3.63) is 58.6 Å². The van der Waals surface area contributed by atoms with Crippen LogP contribution in [0.15, 0.2) is 47.4 Å². The van der Waals surface area contributed by atoms with E-state index in [1.807, 2.05) is 19.1 Å². The number of piperidine rings is 1. The topological polar surface area (TPSA) is 66.5 Å². The summed E-state index contributed by atoms with van der Waals surface area (Å²) >= 11 is 6.08. The number of nitrogens with zero attached hydrogens (tertiary/aromatic N) is 1. The smallest absolute Gasteiger partial charge is 0.243 e. The molecule has 1 fully saturated rings. The minimum absolute atomic E-state index is 0.119. The summed E-state index contributed by atoms with van der Waals surface area (Å²) in [6.45, 7) is 4.34. The zero-order valence-electron chi connectivity index (χ0n) is 15.4. The molecule has 0 radical (unpaired) electrons. The van der Waals surface area contributed by atoms with Crippen molar-refractivity contribution in [2.24, 2.45) is 5.92 Å². The molecule has 3 rings (SSSR count). The monoisotopic (exact) mass is 406 g/mol.